The fraction of sp³-hybridized carbons (Fsp3) is 0.412. The van der Waals surface area contributed by atoms with Crippen molar-refractivity contribution in [3.05, 3.63) is 35.9 Å². The van der Waals surface area contributed by atoms with Gasteiger partial charge in [0.05, 0.1) is 6.54 Å². The third-order valence-electron chi connectivity index (χ3n) is 3.79. The number of guanidine groups is 1. The first-order chi connectivity index (χ1) is 12.5. The Balaban J connectivity index is 1.80. The summed E-state index contributed by atoms with van der Waals surface area (Å²) >= 11 is 0. The molecule has 1 unspecified atom stereocenters. The highest BCUT2D eigenvalue weighted by molar-refractivity contribution is 6.02. The molecule has 9 nitrogen and oxygen atoms in total. The van der Waals surface area contributed by atoms with E-state index in [1.54, 1.807) is 0 Å². The van der Waals surface area contributed by atoms with E-state index in [0.29, 0.717) is 13.0 Å². The van der Waals surface area contributed by atoms with Crippen molar-refractivity contribution in [3.8, 4) is 0 Å². The summed E-state index contributed by atoms with van der Waals surface area (Å²) < 4.78 is 5.21. The van der Waals surface area contributed by atoms with Crippen LogP contribution in [-0.4, -0.2) is 60.1 Å². The van der Waals surface area contributed by atoms with E-state index in [-0.39, 0.29) is 31.4 Å². The van der Waals surface area contributed by atoms with Crippen LogP contribution in [0.4, 0.5) is 4.79 Å². The average molecular weight is 362 g/mol. The molecule has 0 radical (unpaired) electrons. The second-order valence-electron chi connectivity index (χ2n) is 5.77. The number of carbonyl (C=O) groups excluding carboxylic acids is 2. The van der Waals surface area contributed by atoms with Gasteiger partial charge in [0.25, 0.3) is 5.91 Å². The molecule has 0 aliphatic carbocycles. The van der Waals surface area contributed by atoms with Gasteiger partial charge in [-0.3, -0.25) is 24.8 Å². The number of carboxylic acid groups (broad SMARTS) is 1. The quantitative estimate of drug-likeness (QED) is 0.610. The molecule has 1 aliphatic rings. The Hall–Kier alpha value is -3.10. The summed E-state index contributed by atoms with van der Waals surface area (Å²) in [5, 5.41) is 14.0. The summed E-state index contributed by atoms with van der Waals surface area (Å²) in [6.45, 7) is 0.604. The molecule has 2 rings (SSSR count). The van der Waals surface area contributed by atoms with E-state index in [4.69, 9.17) is 9.84 Å². The Morgan fingerprint density at radius 3 is 2.77 bits per heavy atom. The largest absolute Gasteiger partial charge is 0.481 e. The van der Waals surface area contributed by atoms with E-state index >= 15 is 0 Å². The van der Waals surface area contributed by atoms with Gasteiger partial charge in [0, 0.05) is 20.0 Å². The summed E-state index contributed by atoms with van der Waals surface area (Å²) in [4.78, 5) is 40.2. The smallest absolute Gasteiger partial charge is 0.410 e. The fourth-order valence-electron chi connectivity index (χ4n) is 2.29. The molecule has 26 heavy (non-hydrogen) atoms. The number of carboxylic acids is 1. The van der Waals surface area contributed by atoms with Gasteiger partial charge in [0.15, 0.2) is 5.96 Å². The van der Waals surface area contributed by atoms with Gasteiger partial charge in [-0.2, -0.15) is 0 Å². The van der Waals surface area contributed by atoms with Crippen LogP contribution in [0, 0.1) is 0 Å². The third kappa shape index (κ3) is 5.76. The fourth-order valence-corrected chi connectivity index (χ4v) is 2.29. The first-order valence-corrected chi connectivity index (χ1v) is 8.22. The van der Waals surface area contributed by atoms with Gasteiger partial charge in [0.2, 0.25) is 0 Å². The molecule has 0 spiro atoms. The summed E-state index contributed by atoms with van der Waals surface area (Å²) in [5.41, 5.74) is 0.855. The lowest BCUT2D eigenvalue weighted by molar-refractivity contribution is -0.137. The molecular formula is C17H22N4O5. The first kappa shape index (κ1) is 19.2. The SMILES string of the molecule is CN(C(=O)OCc1ccccc1)C1CN=C(NCCCC(=O)O)NC1=O. The standard InChI is InChI=1S/C17H22N4O5/c1-21(17(25)26-11-12-6-3-2-4-7-12)13-10-19-16(20-15(13)24)18-9-5-8-14(22)23/h2-4,6-7,13H,5,8-11H2,1H3,(H,22,23)(H2,18,19,20,24). The number of aliphatic carboxylic acids is 1. The van der Waals surface area contributed by atoms with E-state index in [2.05, 4.69) is 15.6 Å². The number of aliphatic imine (C=N–C) groups is 1. The van der Waals surface area contributed by atoms with Crippen molar-refractivity contribution in [2.24, 2.45) is 4.99 Å². The van der Waals surface area contributed by atoms with Crippen LogP contribution in [0.1, 0.15) is 18.4 Å². The number of hydrogen-bond donors (Lipinski definition) is 3. The van der Waals surface area contributed by atoms with Crippen LogP contribution in [0.5, 0.6) is 0 Å². The van der Waals surface area contributed by atoms with Crippen LogP contribution < -0.4 is 10.6 Å². The van der Waals surface area contributed by atoms with Crippen LogP contribution in [0.15, 0.2) is 35.3 Å². The minimum atomic E-state index is -0.878. The number of nitrogens with zero attached hydrogens (tertiary/aromatic N) is 2. The zero-order chi connectivity index (χ0) is 18.9. The molecule has 0 saturated heterocycles. The Bertz CT molecular complexity index is 677. The Kier molecular flexibility index (Phi) is 6.95. The molecule has 0 aromatic heterocycles. The van der Waals surface area contributed by atoms with Crippen LogP contribution in [0.25, 0.3) is 0 Å². The molecule has 2 amide bonds. The van der Waals surface area contributed by atoms with Crippen LogP contribution >= 0.6 is 0 Å². The number of nitrogens with one attached hydrogen (secondary N) is 2. The molecular weight excluding hydrogens is 340 g/mol. The highest BCUT2D eigenvalue weighted by Gasteiger charge is 2.31. The normalized spacial score (nSPS) is 16.3. The average Bonchev–Trinajstić information content (AvgIpc) is 2.63. The number of hydrogen-bond acceptors (Lipinski definition) is 6. The number of ether oxygens (including phenoxy) is 1. The number of likely N-dealkylation sites (N-methyl/N-ethyl adjacent to an activating group) is 1. The molecule has 0 fully saturated rings. The Morgan fingerprint density at radius 1 is 1.38 bits per heavy atom. The molecule has 3 N–H and O–H groups in total. The molecule has 140 valence electrons. The number of amides is 2. The minimum absolute atomic E-state index is 0.0346. The van der Waals surface area contributed by atoms with Gasteiger partial charge in [-0.15, -0.1) is 0 Å². The monoisotopic (exact) mass is 362 g/mol. The topological polar surface area (TPSA) is 120 Å². The van der Waals surface area contributed by atoms with Crippen molar-refractivity contribution in [1.82, 2.24) is 15.5 Å². The maximum atomic E-state index is 12.2. The minimum Gasteiger partial charge on any atom is -0.481 e. The maximum Gasteiger partial charge on any atom is 0.410 e. The molecule has 1 atom stereocenters. The molecule has 1 heterocycles. The van der Waals surface area contributed by atoms with E-state index in [1.807, 2.05) is 30.3 Å². The van der Waals surface area contributed by atoms with E-state index in [0.717, 1.165) is 5.56 Å². The van der Waals surface area contributed by atoms with Gasteiger partial charge >= 0.3 is 12.1 Å². The summed E-state index contributed by atoms with van der Waals surface area (Å²) in [5.74, 6) is -0.972. The van der Waals surface area contributed by atoms with Crippen molar-refractivity contribution in [2.75, 3.05) is 20.1 Å². The van der Waals surface area contributed by atoms with Crippen molar-refractivity contribution in [3.63, 3.8) is 0 Å². The molecule has 1 aliphatic heterocycles. The lowest BCUT2D eigenvalue weighted by Crippen LogP contribution is -2.56. The second-order valence-corrected chi connectivity index (χ2v) is 5.77. The van der Waals surface area contributed by atoms with Gasteiger partial charge in [0.1, 0.15) is 12.6 Å². The van der Waals surface area contributed by atoms with E-state index in [1.165, 1.54) is 11.9 Å². The van der Waals surface area contributed by atoms with Crippen LogP contribution in [0.2, 0.25) is 0 Å². The van der Waals surface area contributed by atoms with Gasteiger partial charge in [-0.1, -0.05) is 30.3 Å². The maximum absolute atomic E-state index is 12.2. The van der Waals surface area contributed by atoms with Crippen LogP contribution in [-0.2, 0) is 20.9 Å². The van der Waals surface area contributed by atoms with Gasteiger partial charge in [-0.25, -0.2) is 4.79 Å². The van der Waals surface area contributed by atoms with Crippen LogP contribution in [0.3, 0.4) is 0 Å². The summed E-state index contributed by atoms with van der Waals surface area (Å²) in [6.07, 6.45) is -0.159. The zero-order valence-electron chi connectivity index (χ0n) is 14.5. The highest BCUT2D eigenvalue weighted by Crippen LogP contribution is 2.07. The van der Waals surface area contributed by atoms with E-state index < -0.39 is 18.1 Å². The van der Waals surface area contributed by atoms with Crippen molar-refractivity contribution in [2.45, 2.75) is 25.5 Å². The van der Waals surface area contributed by atoms with Gasteiger partial charge < -0.3 is 15.2 Å². The number of carbonyl (C=O) groups is 3. The van der Waals surface area contributed by atoms with Gasteiger partial charge in [-0.05, 0) is 12.0 Å². The van der Waals surface area contributed by atoms with Crippen molar-refractivity contribution < 1.29 is 24.2 Å². The lowest BCUT2D eigenvalue weighted by atomic mass is 10.2. The highest BCUT2D eigenvalue weighted by atomic mass is 16.6. The zero-order valence-corrected chi connectivity index (χ0v) is 14.5. The summed E-state index contributed by atoms with van der Waals surface area (Å²) in [6, 6.07) is 8.49. The number of rotatable bonds is 7. The first-order valence-electron chi connectivity index (χ1n) is 8.22. The van der Waals surface area contributed by atoms with E-state index in [9.17, 15) is 14.4 Å². The predicted molar refractivity (Wildman–Crippen MR) is 93.5 cm³/mol. The molecule has 0 bridgehead atoms. The molecule has 0 saturated carbocycles. The second kappa shape index (κ2) is 9.40. The van der Waals surface area contributed by atoms with Crippen molar-refractivity contribution in [1.29, 1.82) is 0 Å². The summed E-state index contributed by atoms with van der Waals surface area (Å²) in [7, 11) is 1.48. The van der Waals surface area contributed by atoms with Crippen molar-refractivity contribution >= 4 is 23.9 Å². The molecule has 1 aromatic carbocycles. The predicted octanol–water partition coefficient (Wildman–Crippen LogP) is 0.564. The number of benzene rings is 1. The third-order valence-corrected chi connectivity index (χ3v) is 3.79. The lowest BCUT2D eigenvalue weighted by Gasteiger charge is -2.28. The Morgan fingerprint density at radius 2 is 2.12 bits per heavy atom. The molecule has 9 heteroatoms. The molecule has 1 aromatic rings. The Labute approximate surface area is 151 Å².